The van der Waals surface area contributed by atoms with E-state index in [0.29, 0.717) is 29.2 Å². The molecule has 0 aliphatic carbocycles. The van der Waals surface area contributed by atoms with Crippen molar-refractivity contribution in [2.75, 3.05) is 5.32 Å². The minimum Gasteiger partial charge on any atom is -0.361 e. The van der Waals surface area contributed by atoms with Gasteiger partial charge in [0, 0.05) is 34.5 Å². The van der Waals surface area contributed by atoms with Crippen molar-refractivity contribution in [3.05, 3.63) is 71.2 Å². The molecule has 136 valence electrons. The van der Waals surface area contributed by atoms with E-state index in [-0.39, 0.29) is 5.91 Å². The number of anilines is 1. The summed E-state index contributed by atoms with van der Waals surface area (Å²) in [7, 11) is 0. The second-order valence-corrected chi connectivity index (χ2v) is 6.93. The van der Waals surface area contributed by atoms with Gasteiger partial charge in [0.15, 0.2) is 16.8 Å². The second kappa shape index (κ2) is 7.28. The number of carbonyl (C=O) groups excluding carboxylic acids is 1. The molecule has 4 nitrogen and oxygen atoms in total. The molecule has 2 N–H and O–H groups in total. The van der Waals surface area contributed by atoms with Crippen LogP contribution in [0.5, 0.6) is 0 Å². The minimum absolute atomic E-state index is 0.147. The number of hydrogen-bond acceptors (Lipinski definition) is 3. The Morgan fingerprint density at radius 2 is 2.00 bits per heavy atom. The number of fused-ring (bicyclic) bond motifs is 1. The highest BCUT2D eigenvalue weighted by atomic mass is 32.1. The average Bonchev–Trinajstić information content (AvgIpc) is 3.29. The lowest BCUT2D eigenvalue weighted by Gasteiger charge is -2.02. The second-order valence-electron chi connectivity index (χ2n) is 6.07. The molecule has 4 aromatic rings. The summed E-state index contributed by atoms with van der Waals surface area (Å²) in [6, 6.07) is 11.5. The predicted molar refractivity (Wildman–Crippen MR) is 103 cm³/mol. The highest BCUT2D eigenvalue weighted by Gasteiger charge is 2.11. The van der Waals surface area contributed by atoms with Crippen molar-refractivity contribution in [1.82, 2.24) is 9.97 Å². The summed E-state index contributed by atoms with van der Waals surface area (Å²) in [5, 5.41) is 6.00. The van der Waals surface area contributed by atoms with Gasteiger partial charge in [-0.05, 0) is 36.2 Å². The van der Waals surface area contributed by atoms with Crippen LogP contribution in [-0.2, 0) is 11.2 Å². The van der Waals surface area contributed by atoms with Gasteiger partial charge in [0.1, 0.15) is 0 Å². The van der Waals surface area contributed by atoms with Gasteiger partial charge in [0.05, 0.1) is 5.69 Å². The fourth-order valence-electron chi connectivity index (χ4n) is 2.89. The molecule has 0 unspecified atom stereocenters. The molecule has 2 aromatic heterocycles. The maximum Gasteiger partial charge on any atom is 0.226 e. The summed E-state index contributed by atoms with van der Waals surface area (Å²) in [5.74, 6) is -1.98. The van der Waals surface area contributed by atoms with E-state index in [1.165, 1.54) is 17.4 Å². The van der Waals surface area contributed by atoms with Gasteiger partial charge >= 0.3 is 0 Å². The Morgan fingerprint density at radius 3 is 2.85 bits per heavy atom. The number of thiazole rings is 1. The molecule has 0 saturated carbocycles. The largest absolute Gasteiger partial charge is 0.361 e. The van der Waals surface area contributed by atoms with Gasteiger partial charge in [-0.2, -0.15) is 0 Å². The SMILES string of the molecule is O=C(CCc1c[nH]c2ccccc12)Nc1nc(-c2ccc(F)c(F)c2)cs1. The summed E-state index contributed by atoms with van der Waals surface area (Å²) < 4.78 is 26.4. The Labute approximate surface area is 157 Å². The van der Waals surface area contributed by atoms with Crippen molar-refractivity contribution in [3.8, 4) is 11.3 Å². The molecule has 2 heterocycles. The first kappa shape index (κ1) is 17.4. The Bertz CT molecular complexity index is 1120. The van der Waals surface area contributed by atoms with Gasteiger partial charge in [-0.3, -0.25) is 4.79 Å². The zero-order chi connectivity index (χ0) is 18.8. The van der Waals surface area contributed by atoms with Crippen molar-refractivity contribution >= 4 is 33.3 Å². The normalized spacial score (nSPS) is 11.0. The molecule has 4 rings (SSSR count). The van der Waals surface area contributed by atoms with E-state index in [1.54, 1.807) is 5.38 Å². The van der Waals surface area contributed by atoms with Crippen LogP contribution in [0.25, 0.3) is 22.2 Å². The quantitative estimate of drug-likeness (QED) is 0.501. The standard InChI is InChI=1S/C20H15F2N3OS/c21-15-7-5-12(9-16(15)22)18-11-27-20(24-18)25-19(26)8-6-13-10-23-17-4-2-1-3-14(13)17/h1-5,7,9-11,23H,6,8H2,(H,24,25,26). The van der Waals surface area contributed by atoms with Crippen molar-refractivity contribution in [2.45, 2.75) is 12.8 Å². The first-order chi connectivity index (χ1) is 13.1. The number of benzene rings is 2. The molecule has 0 saturated heterocycles. The summed E-state index contributed by atoms with van der Waals surface area (Å²) in [5.41, 5.74) is 3.08. The van der Waals surface area contributed by atoms with E-state index in [1.807, 2.05) is 30.5 Å². The van der Waals surface area contributed by atoms with Crippen LogP contribution in [0, 0.1) is 11.6 Å². The molecule has 0 bridgehead atoms. The van der Waals surface area contributed by atoms with E-state index in [9.17, 15) is 13.6 Å². The summed E-state index contributed by atoms with van der Waals surface area (Å²) in [6.07, 6.45) is 2.85. The fraction of sp³-hybridized carbons (Fsp3) is 0.100. The van der Waals surface area contributed by atoms with Crippen molar-refractivity contribution in [3.63, 3.8) is 0 Å². The van der Waals surface area contributed by atoms with E-state index in [2.05, 4.69) is 15.3 Å². The molecule has 0 aliphatic heterocycles. The summed E-state index contributed by atoms with van der Waals surface area (Å²) in [4.78, 5) is 19.7. The molecule has 0 atom stereocenters. The number of H-pyrrole nitrogens is 1. The van der Waals surface area contributed by atoms with E-state index >= 15 is 0 Å². The highest BCUT2D eigenvalue weighted by molar-refractivity contribution is 7.14. The minimum atomic E-state index is -0.926. The molecule has 0 aliphatic rings. The topological polar surface area (TPSA) is 57.8 Å². The lowest BCUT2D eigenvalue weighted by Crippen LogP contribution is -2.12. The molecular weight excluding hydrogens is 368 g/mol. The van der Waals surface area contributed by atoms with Gasteiger partial charge in [0.25, 0.3) is 0 Å². The lowest BCUT2D eigenvalue weighted by atomic mass is 10.1. The van der Waals surface area contributed by atoms with Crippen LogP contribution < -0.4 is 5.32 Å². The fourth-order valence-corrected chi connectivity index (χ4v) is 3.62. The summed E-state index contributed by atoms with van der Waals surface area (Å²) in [6.45, 7) is 0. The lowest BCUT2D eigenvalue weighted by molar-refractivity contribution is -0.116. The molecule has 0 radical (unpaired) electrons. The molecule has 1 amide bonds. The number of aryl methyl sites for hydroxylation is 1. The van der Waals surface area contributed by atoms with Gasteiger partial charge in [-0.1, -0.05) is 18.2 Å². The molecule has 27 heavy (non-hydrogen) atoms. The van der Waals surface area contributed by atoms with Gasteiger partial charge in [-0.25, -0.2) is 13.8 Å². The van der Waals surface area contributed by atoms with E-state index in [4.69, 9.17) is 0 Å². The number of hydrogen-bond donors (Lipinski definition) is 2. The number of halogens is 2. The van der Waals surface area contributed by atoms with Crippen molar-refractivity contribution in [2.24, 2.45) is 0 Å². The maximum atomic E-state index is 13.4. The van der Waals surface area contributed by atoms with Crippen molar-refractivity contribution < 1.29 is 13.6 Å². The third-order valence-corrected chi connectivity index (χ3v) is 5.02. The Hall–Kier alpha value is -3.06. The Kier molecular flexibility index (Phi) is 4.68. The van der Waals surface area contributed by atoms with Gasteiger partial charge < -0.3 is 10.3 Å². The van der Waals surface area contributed by atoms with Crippen LogP contribution in [0.15, 0.2) is 54.0 Å². The zero-order valence-electron chi connectivity index (χ0n) is 14.1. The monoisotopic (exact) mass is 383 g/mol. The van der Waals surface area contributed by atoms with Crippen molar-refractivity contribution in [1.29, 1.82) is 0 Å². The first-order valence-electron chi connectivity index (χ1n) is 8.36. The van der Waals surface area contributed by atoms with Gasteiger partial charge in [0.2, 0.25) is 5.91 Å². The first-order valence-corrected chi connectivity index (χ1v) is 9.24. The van der Waals surface area contributed by atoms with E-state index in [0.717, 1.165) is 28.6 Å². The molecule has 0 spiro atoms. The number of carbonyl (C=O) groups is 1. The predicted octanol–water partition coefficient (Wildman–Crippen LogP) is 5.14. The zero-order valence-corrected chi connectivity index (χ0v) is 14.9. The Balaban J connectivity index is 1.40. The number of nitrogens with zero attached hydrogens (tertiary/aromatic N) is 1. The third kappa shape index (κ3) is 3.73. The van der Waals surface area contributed by atoms with Gasteiger partial charge in [-0.15, -0.1) is 11.3 Å². The van der Waals surface area contributed by atoms with Crippen LogP contribution in [0.3, 0.4) is 0 Å². The van der Waals surface area contributed by atoms with Crippen LogP contribution in [0.1, 0.15) is 12.0 Å². The number of para-hydroxylation sites is 1. The molecular formula is C20H15F2N3OS. The molecule has 2 aromatic carbocycles. The number of aromatic nitrogens is 2. The number of nitrogens with one attached hydrogen (secondary N) is 2. The highest BCUT2D eigenvalue weighted by Crippen LogP contribution is 2.26. The maximum absolute atomic E-state index is 13.4. The third-order valence-electron chi connectivity index (χ3n) is 4.26. The molecule has 0 fully saturated rings. The van der Waals surface area contributed by atoms with E-state index < -0.39 is 11.6 Å². The summed E-state index contributed by atoms with van der Waals surface area (Å²) >= 11 is 1.24. The number of amides is 1. The van der Waals surface area contributed by atoms with Crippen LogP contribution >= 0.6 is 11.3 Å². The average molecular weight is 383 g/mol. The smallest absolute Gasteiger partial charge is 0.226 e. The number of rotatable bonds is 5. The van der Waals surface area contributed by atoms with Crippen LogP contribution in [0.4, 0.5) is 13.9 Å². The van der Waals surface area contributed by atoms with Crippen LogP contribution in [-0.4, -0.2) is 15.9 Å². The Morgan fingerprint density at radius 1 is 1.15 bits per heavy atom. The van der Waals surface area contributed by atoms with Crippen LogP contribution in [0.2, 0.25) is 0 Å². The number of aromatic amines is 1. The molecule has 7 heteroatoms.